The first-order chi connectivity index (χ1) is 5.77. The van der Waals surface area contributed by atoms with Crippen LogP contribution in [0.5, 0.6) is 0 Å². The van der Waals surface area contributed by atoms with Crippen LogP contribution in [0.4, 0.5) is 0 Å². The van der Waals surface area contributed by atoms with Gasteiger partial charge in [0.05, 0.1) is 0 Å². The Morgan fingerprint density at radius 3 is 1.77 bits per heavy atom. The van der Waals surface area contributed by atoms with Crippen molar-refractivity contribution in [1.29, 1.82) is 0 Å². The zero-order valence-electron chi connectivity index (χ0n) is 10.1. The molecule has 0 aromatic rings. The Bertz CT molecular complexity index is 131. The molecule has 0 radical (unpaired) electrons. The fraction of sp³-hybridized carbons (Fsp3) is 1.00. The van der Waals surface area contributed by atoms with E-state index in [9.17, 15) is 0 Å². The van der Waals surface area contributed by atoms with E-state index in [1.807, 2.05) is 0 Å². The van der Waals surface area contributed by atoms with E-state index in [1.54, 1.807) is 0 Å². The third kappa shape index (κ3) is 8.29. The van der Waals surface area contributed by atoms with Gasteiger partial charge in [-0.05, 0) is 43.1 Å². The Morgan fingerprint density at radius 1 is 0.846 bits per heavy atom. The van der Waals surface area contributed by atoms with Gasteiger partial charge in [0, 0.05) is 0 Å². The van der Waals surface area contributed by atoms with Gasteiger partial charge in [-0.1, -0.05) is 34.6 Å². The minimum atomic E-state index is 0.472. The van der Waals surface area contributed by atoms with Crippen molar-refractivity contribution in [3.05, 3.63) is 0 Å². The first-order valence-electron chi connectivity index (χ1n) is 5.47. The second-order valence-electron chi connectivity index (χ2n) is 6.12. The zero-order valence-corrected chi connectivity index (χ0v) is 10.1. The third-order valence-corrected chi connectivity index (χ3v) is 2.61. The van der Waals surface area contributed by atoms with Crippen LogP contribution < -0.4 is 5.73 Å². The quantitative estimate of drug-likeness (QED) is 0.696. The molecule has 0 aliphatic carbocycles. The van der Waals surface area contributed by atoms with Gasteiger partial charge >= 0.3 is 0 Å². The largest absolute Gasteiger partial charge is 0.330 e. The average molecular weight is 185 g/mol. The molecule has 0 amide bonds. The van der Waals surface area contributed by atoms with Crippen LogP contribution in [0.15, 0.2) is 0 Å². The Balaban J connectivity index is 3.75. The van der Waals surface area contributed by atoms with E-state index >= 15 is 0 Å². The SMILES string of the molecule is CC(C)(C)CCC(C)(C)CCCN. The van der Waals surface area contributed by atoms with Crippen molar-refractivity contribution in [3.63, 3.8) is 0 Å². The molecule has 0 aliphatic rings. The molecule has 0 aromatic carbocycles. The van der Waals surface area contributed by atoms with Crippen LogP contribution in [0.1, 0.15) is 60.3 Å². The van der Waals surface area contributed by atoms with E-state index in [0.29, 0.717) is 10.8 Å². The molecular weight excluding hydrogens is 158 g/mol. The average Bonchev–Trinajstić information content (AvgIpc) is 1.97. The van der Waals surface area contributed by atoms with Crippen molar-refractivity contribution in [2.24, 2.45) is 16.6 Å². The highest BCUT2D eigenvalue weighted by molar-refractivity contribution is 4.72. The van der Waals surface area contributed by atoms with Gasteiger partial charge in [0.25, 0.3) is 0 Å². The Morgan fingerprint density at radius 2 is 1.38 bits per heavy atom. The lowest BCUT2D eigenvalue weighted by atomic mass is 9.77. The molecule has 0 unspecified atom stereocenters. The van der Waals surface area contributed by atoms with Crippen molar-refractivity contribution >= 4 is 0 Å². The monoisotopic (exact) mass is 185 g/mol. The summed E-state index contributed by atoms with van der Waals surface area (Å²) in [7, 11) is 0. The zero-order chi connectivity index (χ0) is 10.5. The highest BCUT2D eigenvalue weighted by Crippen LogP contribution is 2.33. The van der Waals surface area contributed by atoms with Crippen LogP contribution in [0.3, 0.4) is 0 Å². The lowest BCUT2D eigenvalue weighted by molar-refractivity contribution is 0.237. The highest BCUT2D eigenvalue weighted by Gasteiger charge is 2.20. The molecule has 80 valence electrons. The summed E-state index contributed by atoms with van der Waals surface area (Å²) in [6, 6.07) is 0. The van der Waals surface area contributed by atoms with Crippen molar-refractivity contribution < 1.29 is 0 Å². The first-order valence-corrected chi connectivity index (χ1v) is 5.47. The number of hydrogen-bond acceptors (Lipinski definition) is 1. The molecule has 0 spiro atoms. The molecule has 0 heterocycles. The first kappa shape index (κ1) is 13.0. The summed E-state index contributed by atoms with van der Waals surface area (Å²) in [5, 5.41) is 0. The molecule has 1 heteroatoms. The van der Waals surface area contributed by atoms with Crippen LogP contribution in [0.25, 0.3) is 0 Å². The van der Waals surface area contributed by atoms with Crippen LogP contribution in [0, 0.1) is 10.8 Å². The summed E-state index contributed by atoms with van der Waals surface area (Å²) < 4.78 is 0. The van der Waals surface area contributed by atoms with E-state index in [2.05, 4.69) is 34.6 Å². The van der Waals surface area contributed by atoms with Crippen molar-refractivity contribution in [3.8, 4) is 0 Å². The summed E-state index contributed by atoms with van der Waals surface area (Å²) in [5.41, 5.74) is 6.47. The van der Waals surface area contributed by atoms with E-state index in [1.165, 1.54) is 19.3 Å². The van der Waals surface area contributed by atoms with E-state index < -0.39 is 0 Å². The molecule has 0 atom stereocenters. The van der Waals surface area contributed by atoms with Gasteiger partial charge in [0.2, 0.25) is 0 Å². The van der Waals surface area contributed by atoms with Crippen molar-refractivity contribution in [1.82, 2.24) is 0 Å². The van der Waals surface area contributed by atoms with E-state index in [0.717, 1.165) is 13.0 Å². The lowest BCUT2D eigenvalue weighted by Gasteiger charge is -2.28. The predicted octanol–water partition coefficient (Wildman–Crippen LogP) is 3.58. The molecule has 0 fully saturated rings. The second kappa shape index (κ2) is 4.99. The highest BCUT2D eigenvalue weighted by atomic mass is 14.5. The molecule has 0 rings (SSSR count). The number of nitrogens with two attached hydrogens (primary N) is 1. The molecule has 13 heavy (non-hydrogen) atoms. The minimum absolute atomic E-state index is 0.472. The molecule has 1 nitrogen and oxygen atoms in total. The van der Waals surface area contributed by atoms with Crippen LogP contribution in [0.2, 0.25) is 0 Å². The van der Waals surface area contributed by atoms with Crippen LogP contribution >= 0.6 is 0 Å². The van der Waals surface area contributed by atoms with Gasteiger partial charge < -0.3 is 5.73 Å². The lowest BCUT2D eigenvalue weighted by Crippen LogP contribution is -2.17. The summed E-state index contributed by atoms with van der Waals surface area (Å²) in [6.07, 6.45) is 5.05. The van der Waals surface area contributed by atoms with Gasteiger partial charge in [-0.15, -0.1) is 0 Å². The van der Waals surface area contributed by atoms with Gasteiger partial charge in [-0.2, -0.15) is 0 Å². The summed E-state index contributed by atoms with van der Waals surface area (Å²) in [4.78, 5) is 0. The molecule has 2 N–H and O–H groups in total. The number of hydrogen-bond donors (Lipinski definition) is 1. The minimum Gasteiger partial charge on any atom is -0.330 e. The van der Waals surface area contributed by atoms with Gasteiger partial charge in [0.15, 0.2) is 0 Å². The van der Waals surface area contributed by atoms with Gasteiger partial charge in [-0.25, -0.2) is 0 Å². The van der Waals surface area contributed by atoms with E-state index in [-0.39, 0.29) is 0 Å². The summed E-state index contributed by atoms with van der Waals surface area (Å²) in [6.45, 7) is 12.5. The fourth-order valence-electron chi connectivity index (χ4n) is 1.42. The maximum absolute atomic E-state index is 5.52. The normalized spacial score (nSPS) is 13.4. The summed E-state index contributed by atoms with van der Waals surface area (Å²) in [5.74, 6) is 0. The molecular formula is C12H27N. The Labute approximate surface area is 84.1 Å². The van der Waals surface area contributed by atoms with Gasteiger partial charge in [0.1, 0.15) is 0 Å². The maximum Gasteiger partial charge on any atom is -0.00771 e. The third-order valence-electron chi connectivity index (χ3n) is 2.61. The Hall–Kier alpha value is -0.0400. The standard InChI is InChI=1S/C12H27N/c1-11(2,3)8-9-12(4,5)7-6-10-13/h6-10,13H2,1-5H3. The molecule has 0 bridgehead atoms. The predicted molar refractivity (Wildman–Crippen MR) is 60.8 cm³/mol. The van der Waals surface area contributed by atoms with Crippen LogP contribution in [-0.2, 0) is 0 Å². The summed E-state index contributed by atoms with van der Waals surface area (Å²) >= 11 is 0. The van der Waals surface area contributed by atoms with Gasteiger partial charge in [-0.3, -0.25) is 0 Å². The van der Waals surface area contributed by atoms with Crippen molar-refractivity contribution in [2.75, 3.05) is 6.54 Å². The fourth-order valence-corrected chi connectivity index (χ4v) is 1.42. The maximum atomic E-state index is 5.52. The van der Waals surface area contributed by atoms with E-state index in [4.69, 9.17) is 5.73 Å². The van der Waals surface area contributed by atoms with Crippen molar-refractivity contribution in [2.45, 2.75) is 60.3 Å². The molecule has 0 saturated carbocycles. The topological polar surface area (TPSA) is 26.0 Å². The number of rotatable bonds is 5. The molecule has 0 aliphatic heterocycles. The molecule has 0 saturated heterocycles. The Kier molecular flexibility index (Phi) is 4.98. The second-order valence-corrected chi connectivity index (χ2v) is 6.12. The smallest absolute Gasteiger partial charge is 0.00771 e. The van der Waals surface area contributed by atoms with Crippen LogP contribution in [-0.4, -0.2) is 6.54 Å². The molecule has 0 aromatic heterocycles.